The first-order chi connectivity index (χ1) is 40.9. The van der Waals surface area contributed by atoms with E-state index in [9.17, 15) is 5.48 Å². The second-order valence-corrected chi connectivity index (χ2v) is 23.5. The van der Waals surface area contributed by atoms with E-state index in [0.29, 0.717) is 45.3 Å². The number of hydrogen-bond donors (Lipinski definition) is 0. The number of pyridine rings is 1. The first-order valence-corrected chi connectivity index (χ1v) is 26.9. The van der Waals surface area contributed by atoms with Crippen LogP contribution in [-0.2, 0) is 38.3 Å². The molecule has 0 saturated carbocycles. The van der Waals surface area contributed by atoms with Crippen molar-refractivity contribution in [3.05, 3.63) is 241 Å². The van der Waals surface area contributed by atoms with Crippen molar-refractivity contribution < 1.29 is 40.0 Å². The Hall–Kier alpha value is -8.31. The third-order valence-electron chi connectivity index (χ3n) is 14.7. The van der Waals surface area contributed by atoms with E-state index in [1.807, 2.05) is 115 Å². The molecule has 0 aliphatic heterocycles. The van der Waals surface area contributed by atoms with Gasteiger partial charge in [0.2, 0.25) is 0 Å². The summed E-state index contributed by atoms with van der Waals surface area (Å²) in [4.78, 5) is 4.94. The fourth-order valence-electron chi connectivity index (χ4n) is 11.1. The maximum absolute atomic E-state index is 9.32. The average Bonchev–Trinajstić information content (AvgIpc) is 1.91. The van der Waals surface area contributed by atoms with Crippen LogP contribution in [0.2, 0.25) is 0 Å². The van der Waals surface area contributed by atoms with Gasteiger partial charge in [0.25, 0.3) is 6.33 Å². The molecule has 13 aromatic rings. The van der Waals surface area contributed by atoms with E-state index in [1.54, 1.807) is 12.3 Å². The smallest absolute Gasteiger partial charge is 0.268 e. The molecule has 0 fully saturated rings. The summed E-state index contributed by atoms with van der Waals surface area (Å²) in [5.74, 6) is 1.32. The Morgan fingerprint density at radius 1 is 0.562 bits per heavy atom. The zero-order valence-electron chi connectivity index (χ0n) is 53.2. The number of nitrogens with zero attached hydrogens (tertiary/aromatic N) is 5. The van der Waals surface area contributed by atoms with Gasteiger partial charge in [0.05, 0.1) is 34.6 Å². The Kier molecular flexibility index (Phi) is 11.2. The maximum Gasteiger partial charge on any atom is 0.268 e. The second kappa shape index (κ2) is 20.1. The van der Waals surface area contributed by atoms with Crippen LogP contribution in [0.15, 0.2) is 206 Å². The Balaban J connectivity index is 0.00000739. The topological polar surface area (TPSA) is 40.8 Å². The van der Waals surface area contributed by atoms with Crippen LogP contribution in [0, 0.1) is 23.9 Å². The van der Waals surface area contributed by atoms with Crippen molar-refractivity contribution in [3.63, 3.8) is 0 Å². The van der Waals surface area contributed by atoms with Gasteiger partial charge in [-0.2, -0.15) is 12.1 Å². The number of rotatable bonds is 9. The number of fused-ring (bicyclic) bond motifs is 7. The molecule has 0 bridgehead atoms. The third-order valence-corrected chi connectivity index (χ3v) is 14.7. The molecule has 13 rings (SSSR count). The molecule has 7 heteroatoms. The molecule has 0 radical (unpaired) electrons. The Labute approximate surface area is 493 Å². The molecule has 0 saturated heterocycles. The molecule has 398 valence electrons. The molecule has 4 heterocycles. The van der Waals surface area contributed by atoms with E-state index in [2.05, 4.69) is 148 Å². The Bertz CT molecular complexity index is 4810. The van der Waals surface area contributed by atoms with Crippen molar-refractivity contribution >= 4 is 54.6 Å². The van der Waals surface area contributed by atoms with E-state index in [0.717, 1.165) is 77.1 Å². The van der Waals surface area contributed by atoms with Crippen molar-refractivity contribution in [2.75, 3.05) is 0 Å². The number of imidazole rings is 1. The van der Waals surface area contributed by atoms with Gasteiger partial charge in [-0.15, -0.1) is 24.3 Å². The van der Waals surface area contributed by atoms with E-state index >= 15 is 0 Å². The maximum atomic E-state index is 9.32. The SMILES string of the molecule is [2H]c1c([2H])c([2H])c(-c2cccc(-c3cc(C(C)(C)C)cc(C(C)(C)C)c3)c2-[n+]2[c-]n(-c3[c-]c(Oc4[c-]c5c(c(-n6c7ccccc7c7ccccc76)c4)c4ccccc4n5-c4cc(C([2H])([2H])C(C)(C)C)ccn4)ccc3)c3ccccc32)c([2H])c1[2H].[Pt]. The van der Waals surface area contributed by atoms with Crippen LogP contribution in [-0.4, -0.2) is 18.7 Å². The minimum Gasteiger partial charge on any atom is -0.510 e. The number of benzene rings is 9. The quantitative estimate of drug-likeness (QED) is 0.107. The molecule has 0 aliphatic carbocycles. The summed E-state index contributed by atoms with van der Waals surface area (Å²) in [6.07, 6.45) is 3.68. The first-order valence-electron chi connectivity index (χ1n) is 30.4. The average molecular weight is 1230 g/mol. The predicted octanol–water partition coefficient (Wildman–Crippen LogP) is 18.2. The predicted molar refractivity (Wildman–Crippen MR) is 326 cm³/mol. The zero-order chi connectivity index (χ0) is 60.5. The zero-order valence-corrected chi connectivity index (χ0v) is 48.5. The Morgan fingerprint density at radius 2 is 1.15 bits per heavy atom. The van der Waals surface area contributed by atoms with E-state index in [-0.39, 0.29) is 49.5 Å². The number of ether oxygens (including phenoxy) is 1. The van der Waals surface area contributed by atoms with Crippen LogP contribution < -0.4 is 9.30 Å². The molecule has 0 unspecified atom stereocenters. The van der Waals surface area contributed by atoms with Crippen LogP contribution in [0.25, 0.3) is 99.8 Å². The van der Waals surface area contributed by atoms with E-state index in [1.165, 1.54) is 0 Å². The summed E-state index contributed by atoms with van der Waals surface area (Å²) in [5.41, 5.74) is 10.9. The van der Waals surface area contributed by atoms with Crippen LogP contribution in [0.5, 0.6) is 11.5 Å². The monoisotopic (exact) mass is 1230 g/mol. The van der Waals surface area contributed by atoms with Crippen molar-refractivity contribution in [1.82, 2.24) is 18.7 Å². The van der Waals surface area contributed by atoms with E-state index in [4.69, 9.17) is 13.8 Å². The molecular weight excluding hydrogens is 1160 g/mol. The number of para-hydroxylation sites is 6. The molecule has 6 nitrogen and oxygen atoms in total. The number of aromatic nitrogens is 5. The molecule has 0 atom stereocenters. The van der Waals surface area contributed by atoms with Gasteiger partial charge in [-0.25, -0.2) is 4.98 Å². The molecule has 9 aromatic carbocycles. The Morgan fingerprint density at radius 3 is 1.80 bits per heavy atom. The minimum atomic E-state index is -1.69. The van der Waals surface area contributed by atoms with Crippen molar-refractivity contribution in [1.29, 1.82) is 0 Å². The standard InChI is InChI=1S/C73H63N5O.Pt/c1-71(2,3)46-48-37-38-74-68(39-48)78-63-34-18-15-29-60(63)69-66(77-61-32-16-13-27-58(61)59-28-14-17-33-62(59)77)44-55(45-67(69)78)79-54-26-21-25-53(43-54)75-47-76(65-36-20-19-35-64(65)75)70-56(49-23-11-10-12-24-49)30-22-31-57(70)50-40-51(72(4,5)6)42-52(41-50)73(7,8)9;/h10-42,44H,46H2,1-9H3;/q-2;/i10D,11D,12D,23D,24D,46D2;. The van der Waals surface area contributed by atoms with Crippen molar-refractivity contribution in [3.8, 4) is 56.6 Å². The molecule has 0 aliphatic rings. The molecular formula is C73H63N5OPt-2. The minimum absolute atomic E-state index is 0. The van der Waals surface area contributed by atoms with Gasteiger partial charge in [-0.1, -0.05) is 219 Å². The molecule has 0 N–H and O–H groups in total. The fraction of sp³-hybridized carbons (Fsp3) is 0.178. The van der Waals surface area contributed by atoms with Crippen molar-refractivity contribution in [2.24, 2.45) is 5.41 Å². The third kappa shape index (κ3) is 9.43. The van der Waals surface area contributed by atoms with Crippen LogP contribution in [0.1, 0.15) is 88.6 Å². The molecule has 4 aromatic heterocycles. The first kappa shape index (κ1) is 44.5. The van der Waals surface area contributed by atoms with Gasteiger partial charge in [0.15, 0.2) is 0 Å². The summed E-state index contributed by atoms with van der Waals surface area (Å²) < 4.78 is 78.8. The van der Waals surface area contributed by atoms with Crippen LogP contribution in [0.4, 0.5) is 0 Å². The van der Waals surface area contributed by atoms with Gasteiger partial charge < -0.3 is 18.4 Å². The number of hydrogen-bond acceptors (Lipinski definition) is 2. The van der Waals surface area contributed by atoms with Gasteiger partial charge >= 0.3 is 0 Å². The summed E-state index contributed by atoms with van der Waals surface area (Å²) in [5, 5.41) is 4.06. The second-order valence-electron chi connectivity index (χ2n) is 23.5. The largest absolute Gasteiger partial charge is 0.510 e. The normalized spacial score (nSPS) is 13.7. The molecule has 0 spiro atoms. The van der Waals surface area contributed by atoms with E-state index < -0.39 is 29.9 Å². The van der Waals surface area contributed by atoms with Gasteiger partial charge in [-0.3, -0.25) is 4.57 Å². The summed E-state index contributed by atoms with van der Waals surface area (Å²) in [7, 11) is 0. The molecule has 0 amide bonds. The summed E-state index contributed by atoms with van der Waals surface area (Å²) in [6, 6.07) is 62.1. The summed E-state index contributed by atoms with van der Waals surface area (Å²) >= 11 is 0. The van der Waals surface area contributed by atoms with Crippen molar-refractivity contribution in [2.45, 2.75) is 79.5 Å². The van der Waals surface area contributed by atoms with Gasteiger partial charge in [0, 0.05) is 57.8 Å². The van der Waals surface area contributed by atoms with Gasteiger partial charge in [-0.05, 0) is 109 Å². The molecule has 80 heavy (non-hydrogen) atoms. The summed E-state index contributed by atoms with van der Waals surface area (Å²) in [6.45, 7) is 18.9. The fourth-order valence-corrected chi connectivity index (χ4v) is 11.1. The van der Waals surface area contributed by atoms with Crippen LogP contribution in [0.3, 0.4) is 0 Å². The van der Waals surface area contributed by atoms with Crippen LogP contribution >= 0.6 is 0 Å². The van der Waals surface area contributed by atoms with Gasteiger partial charge in [0.1, 0.15) is 5.82 Å².